The van der Waals surface area contributed by atoms with Crippen molar-refractivity contribution in [2.45, 2.75) is 12.1 Å². The predicted octanol–water partition coefficient (Wildman–Crippen LogP) is 3.77. The molecule has 1 aromatic carbocycles. The number of hydrogen-bond acceptors (Lipinski definition) is 1. The zero-order valence-electron chi connectivity index (χ0n) is 8.88. The molecule has 0 radical (unpaired) electrons. The minimum atomic E-state index is -4.60. The summed E-state index contributed by atoms with van der Waals surface area (Å²) in [5.41, 5.74) is -1.13. The minimum absolute atomic E-state index is 0.00121. The maximum absolute atomic E-state index is 13.0. The van der Waals surface area contributed by atoms with Gasteiger partial charge >= 0.3 is 6.18 Å². The molecule has 18 heavy (non-hydrogen) atoms. The van der Waals surface area contributed by atoms with Gasteiger partial charge in [-0.05, 0) is 18.2 Å². The normalized spacial score (nSPS) is 11.8. The lowest BCUT2D eigenvalue weighted by Crippen LogP contribution is -2.15. The monoisotopic (exact) mass is 278 g/mol. The van der Waals surface area contributed by atoms with Crippen LogP contribution in [0.1, 0.15) is 11.3 Å². The second kappa shape index (κ2) is 4.61. The summed E-state index contributed by atoms with van der Waals surface area (Å²) in [5.74, 6) is -0.951. The summed E-state index contributed by atoms with van der Waals surface area (Å²) in [6, 6.07) is 4.76. The van der Waals surface area contributed by atoms with Crippen molar-refractivity contribution in [1.29, 1.82) is 0 Å². The van der Waals surface area contributed by atoms with Crippen LogP contribution < -0.4 is 0 Å². The van der Waals surface area contributed by atoms with Gasteiger partial charge in [-0.3, -0.25) is 0 Å². The summed E-state index contributed by atoms with van der Waals surface area (Å²) in [5, 5.41) is 3.61. The number of nitrogens with zero attached hydrogens (tertiary/aromatic N) is 2. The van der Waals surface area contributed by atoms with Crippen LogP contribution in [0.3, 0.4) is 0 Å². The lowest BCUT2D eigenvalue weighted by Gasteiger charge is -2.12. The Balaban J connectivity index is 2.62. The number of rotatable bonds is 2. The minimum Gasteiger partial charge on any atom is -0.228 e. The maximum atomic E-state index is 13.0. The highest BCUT2D eigenvalue weighted by Crippen LogP contribution is 2.34. The van der Waals surface area contributed by atoms with E-state index in [2.05, 4.69) is 5.10 Å². The van der Waals surface area contributed by atoms with E-state index in [0.717, 1.165) is 18.3 Å². The van der Waals surface area contributed by atoms with Gasteiger partial charge in [-0.25, -0.2) is 9.07 Å². The van der Waals surface area contributed by atoms with E-state index in [-0.39, 0.29) is 17.1 Å². The number of halogens is 5. The average molecular weight is 279 g/mol. The van der Waals surface area contributed by atoms with Gasteiger partial charge in [0.2, 0.25) is 0 Å². The topological polar surface area (TPSA) is 17.8 Å². The Morgan fingerprint density at radius 1 is 1.28 bits per heavy atom. The molecule has 2 nitrogen and oxygen atoms in total. The molecule has 0 fully saturated rings. The van der Waals surface area contributed by atoms with Crippen molar-refractivity contribution in [3.63, 3.8) is 0 Å². The number of alkyl halides is 4. The summed E-state index contributed by atoms with van der Waals surface area (Å²) >= 11 is 5.44. The molecule has 1 heterocycles. The molecule has 0 aliphatic heterocycles. The van der Waals surface area contributed by atoms with Crippen molar-refractivity contribution < 1.29 is 17.6 Å². The van der Waals surface area contributed by atoms with Crippen LogP contribution in [-0.2, 0) is 12.1 Å². The highest BCUT2D eigenvalue weighted by atomic mass is 35.5. The van der Waals surface area contributed by atoms with Gasteiger partial charge in [0.15, 0.2) is 5.69 Å². The third kappa shape index (κ3) is 2.33. The fourth-order valence-electron chi connectivity index (χ4n) is 1.59. The molecule has 7 heteroatoms. The third-order valence-electron chi connectivity index (χ3n) is 2.31. The van der Waals surface area contributed by atoms with Gasteiger partial charge in [0, 0.05) is 5.56 Å². The van der Waals surface area contributed by atoms with Crippen molar-refractivity contribution >= 4 is 11.6 Å². The van der Waals surface area contributed by atoms with E-state index in [9.17, 15) is 17.6 Å². The standard InChI is InChI=1S/C11H7ClF4N2/c12-5-7-6-17-18(10(7)11(14,15)16)9-3-1-2-8(13)4-9/h1-4,6H,5H2. The molecule has 0 atom stereocenters. The van der Waals surface area contributed by atoms with Gasteiger partial charge in [0.05, 0.1) is 17.8 Å². The summed E-state index contributed by atoms with van der Waals surface area (Å²) in [6.45, 7) is 0. The van der Waals surface area contributed by atoms with E-state index in [1.807, 2.05) is 0 Å². The summed E-state index contributed by atoms with van der Waals surface area (Å²) in [7, 11) is 0. The fraction of sp³-hybridized carbons (Fsp3) is 0.182. The molecule has 1 aromatic heterocycles. The first kappa shape index (κ1) is 12.9. The molecule has 0 amide bonds. The largest absolute Gasteiger partial charge is 0.433 e. The summed E-state index contributed by atoms with van der Waals surface area (Å²) in [6.07, 6.45) is -3.58. The first-order valence-electron chi connectivity index (χ1n) is 4.89. The van der Waals surface area contributed by atoms with Crippen molar-refractivity contribution in [3.8, 4) is 5.69 Å². The van der Waals surface area contributed by atoms with E-state index in [1.165, 1.54) is 12.1 Å². The Labute approximate surface area is 105 Å². The first-order valence-corrected chi connectivity index (χ1v) is 5.43. The van der Waals surface area contributed by atoms with Gasteiger partial charge in [-0.1, -0.05) is 6.07 Å². The van der Waals surface area contributed by atoms with Gasteiger partial charge in [0.25, 0.3) is 0 Å². The third-order valence-corrected chi connectivity index (χ3v) is 2.60. The Morgan fingerprint density at radius 3 is 2.56 bits per heavy atom. The van der Waals surface area contributed by atoms with Crippen LogP contribution in [0.4, 0.5) is 17.6 Å². The van der Waals surface area contributed by atoms with Crippen molar-refractivity contribution in [2.75, 3.05) is 0 Å². The van der Waals surface area contributed by atoms with E-state index in [4.69, 9.17) is 11.6 Å². The molecule has 0 unspecified atom stereocenters. The zero-order chi connectivity index (χ0) is 13.3. The van der Waals surface area contributed by atoms with E-state index in [1.54, 1.807) is 0 Å². The van der Waals surface area contributed by atoms with Crippen LogP contribution in [0, 0.1) is 5.82 Å². The number of hydrogen-bond donors (Lipinski definition) is 0. The van der Waals surface area contributed by atoms with Gasteiger partial charge in [0.1, 0.15) is 5.82 Å². The molecular formula is C11H7ClF4N2. The van der Waals surface area contributed by atoms with E-state index in [0.29, 0.717) is 4.68 Å². The van der Waals surface area contributed by atoms with Crippen molar-refractivity contribution in [3.05, 3.63) is 47.5 Å². The quantitative estimate of drug-likeness (QED) is 0.604. The molecule has 0 spiro atoms. The Bertz CT molecular complexity index is 562. The highest BCUT2D eigenvalue weighted by Gasteiger charge is 2.38. The molecule has 0 aliphatic rings. The molecule has 0 bridgehead atoms. The Hall–Kier alpha value is -1.56. The Morgan fingerprint density at radius 2 is 2.00 bits per heavy atom. The molecule has 0 saturated heterocycles. The molecule has 0 aliphatic carbocycles. The summed E-state index contributed by atoms with van der Waals surface area (Å²) in [4.78, 5) is 0. The van der Waals surface area contributed by atoms with E-state index < -0.39 is 17.7 Å². The Kier molecular flexibility index (Phi) is 3.30. The van der Waals surface area contributed by atoms with Crippen LogP contribution in [0.25, 0.3) is 5.69 Å². The molecule has 0 saturated carbocycles. The average Bonchev–Trinajstić information content (AvgIpc) is 2.72. The van der Waals surface area contributed by atoms with Gasteiger partial charge in [-0.15, -0.1) is 11.6 Å². The zero-order valence-corrected chi connectivity index (χ0v) is 9.63. The molecule has 96 valence electrons. The van der Waals surface area contributed by atoms with Crippen LogP contribution in [0.5, 0.6) is 0 Å². The lowest BCUT2D eigenvalue weighted by molar-refractivity contribution is -0.143. The van der Waals surface area contributed by atoms with Crippen molar-refractivity contribution in [1.82, 2.24) is 9.78 Å². The van der Waals surface area contributed by atoms with Crippen molar-refractivity contribution in [2.24, 2.45) is 0 Å². The molecule has 0 N–H and O–H groups in total. The summed E-state index contributed by atoms with van der Waals surface area (Å²) < 4.78 is 52.4. The predicted molar refractivity (Wildman–Crippen MR) is 58.1 cm³/mol. The molecular weight excluding hydrogens is 272 g/mol. The second-order valence-corrected chi connectivity index (χ2v) is 3.81. The van der Waals surface area contributed by atoms with E-state index >= 15 is 0 Å². The second-order valence-electron chi connectivity index (χ2n) is 3.54. The van der Waals surface area contributed by atoms with Gasteiger partial charge < -0.3 is 0 Å². The smallest absolute Gasteiger partial charge is 0.228 e. The SMILES string of the molecule is Fc1cccc(-n2ncc(CCl)c2C(F)(F)F)c1. The van der Waals surface area contributed by atoms with Gasteiger partial charge in [-0.2, -0.15) is 18.3 Å². The first-order chi connectivity index (χ1) is 8.43. The highest BCUT2D eigenvalue weighted by molar-refractivity contribution is 6.17. The van der Waals surface area contributed by atoms with Crippen LogP contribution in [0.15, 0.2) is 30.5 Å². The van der Waals surface area contributed by atoms with Crippen LogP contribution in [-0.4, -0.2) is 9.78 Å². The fourth-order valence-corrected chi connectivity index (χ4v) is 1.78. The molecule has 2 aromatic rings. The van der Waals surface area contributed by atoms with Crippen LogP contribution in [0.2, 0.25) is 0 Å². The number of benzene rings is 1. The number of aromatic nitrogens is 2. The van der Waals surface area contributed by atoms with Crippen LogP contribution >= 0.6 is 11.6 Å². The maximum Gasteiger partial charge on any atom is 0.433 e. The lowest BCUT2D eigenvalue weighted by atomic mass is 10.2. The molecule has 2 rings (SSSR count).